The molecular weight excluding hydrogens is 435 g/mol. The van der Waals surface area contributed by atoms with Crippen molar-refractivity contribution in [2.75, 3.05) is 42.3 Å². The first-order chi connectivity index (χ1) is 15.7. The summed E-state index contributed by atoms with van der Waals surface area (Å²) >= 11 is 0. The highest BCUT2D eigenvalue weighted by Crippen LogP contribution is 2.40. The van der Waals surface area contributed by atoms with Gasteiger partial charge in [-0.1, -0.05) is 0 Å². The van der Waals surface area contributed by atoms with Crippen molar-refractivity contribution in [3.05, 3.63) is 47.3 Å². The summed E-state index contributed by atoms with van der Waals surface area (Å²) in [7, 11) is 0. The summed E-state index contributed by atoms with van der Waals surface area (Å²) in [4.78, 5) is 11.4. The number of hydrogen-bond acceptors (Lipinski definition) is 7. The first-order valence-corrected chi connectivity index (χ1v) is 10.7. The van der Waals surface area contributed by atoms with Crippen molar-refractivity contribution >= 4 is 28.1 Å². The molecule has 2 atom stereocenters. The van der Waals surface area contributed by atoms with Gasteiger partial charge in [-0.05, 0) is 43.7 Å². The summed E-state index contributed by atoms with van der Waals surface area (Å²) < 4.78 is 51.4. The minimum absolute atomic E-state index is 0.0572. The van der Waals surface area contributed by atoms with Crippen LogP contribution in [0.2, 0.25) is 0 Å². The van der Waals surface area contributed by atoms with Crippen LogP contribution >= 0.6 is 0 Å². The third kappa shape index (κ3) is 4.10. The largest absolute Gasteiger partial charge is 0.489 e. The van der Waals surface area contributed by atoms with E-state index in [4.69, 9.17) is 15.2 Å². The lowest BCUT2D eigenvalue weighted by Gasteiger charge is -2.41. The van der Waals surface area contributed by atoms with Gasteiger partial charge < -0.3 is 25.4 Å². The SMILES string of the molecule is Cc1nc(N[C@H](C)c2cc(N)cc(C(F)(F)F)c2)c2cc3c(cc2n1)OC[C@H]1COCCN31. The molecule has 2 aromatic carbocycles. The van der Waals surface area contributed by atoms with Crippen molar-refractivity contribution in [3.63, 3.8) is 0 Å². The monoisotopic (exact) mass is 459 g/mol. The molecule has 0 spiro atoms. The van der Waals surface area contributed by atoms with Crippen LogP contribution in [-0.4, -0.2) is 42.4 Å². The highest BCUT2D eigenvalue weighted by Gasteiger charge is 2.32. The van der Waals surface area contributed by atoms with Crippen molar-refractivity contribution in [2.45, 2.75) is 32.1 Å². The number of nitrogens with two attached hydrogens (primary N) is 1. The van der Waals surface area contributed by atoms with Crippen molar-refractivity contribution < 1.29 is 22.6 Å². The summed E-state index contributed by atoms with van der Waals surface area (Å²) in [6.45, 7) is 6.08. The van der Waals surface area contributed by atoms with Crippen LogP contribution in [0.25, 0.3) is 10.9 Å². The van der Waals surface area contributed by atoms with E-state index in [2.05, 4.69) is 20.2 Å². The third-order valence-electron chi connectivity index (χ3n) is 6.01. The predicted octanol–water partition coefficient (Wildman–Crippen LogP) is 4.31. The van der Waals surface area contributed by atoms with Crippen LogP contribution in [0.5, 0.6) is 5.75 Å². The predicted molar refractivity (Wildman–Crippen MR) is 120 cm³/mol. The summed E-state index contributed by atoms with van der Waals surface area (Å²) in [5, 5.41) is 4.03. The quantitative estimate of drug-likeness (QED) is 0.565. The van der Waals surface area contributed by atoms with E-state index in [1.807, 2.05) is 12.1 Å². The Morgan fingerprint density at radius 3 is 2.76 bits per heavy atom. The molecule has 3 heterocycles. The van der Waals surface area contributed by atoms with E-state index >= 15 is 0 Å². The molecule has 3 N–H and O–H groups in total. The lowest BCUT2D eigenvalue weighted by molar-refractivity contribution is -0.137. The zero-order chi connectivity index (χ0) is 23.3. The molecule has 33 heavy (non-hydrogen) atoms. The second-order valence-electron chi connectivity index (χ2n) is 8.44. The molecule has 10 heteroatoms. The number of nitrogens with one attached hydrogen (secondary N) is 1. The summed E-state index contributed by atoms with van der Waals surface area (Å²) in [6.07, 6.45) is -4.48. The Morgan fingerprint density at radius 2 is 1.97 bits per heavy atom. The number of anilines is 3. The van der Waals surface area contributed by atoms with E-state index in [-0.39, 0.29) is 11.7 Å². The number of ether oxygens (including phenoxy) is 2. The Kier molecular flexibility index (Phi) is 5.19. The van der Waals surface area contributed by atoms with E-state index in [0.29, 0.717) is 42.5 Å². The second kappa shape index (κ2) is 7.95. The standard InChI is InChI=1S/C23H24F3N5O2/c1-12(14-5-15(23(24,25)26)7-16(27)6-14)28-22-18-8-20-21(9-19(18)29-13(2)30-22)33-11-17-10-32-4-3-31(17)20/h5-9,12,17H,3-4,10-11,27H2,1-2H3,(H,28,29,30)/t12-,17-/m1/s1. The number of aryl methyl sites for hydroxylation is 1. The Labute approximate surface area is 188 Å². The zero-order valence-corrected chi connectivity index (χ0v) is 18.2. The van der Waals surface area contributed by atoms with Crippen molar-refractivity contribution in [3.8, 4) is 5.75 Å². The highest BCUT2D eigenvalue weighted by molar-refractivity contribution is 5.94. The van der Waals surface area contributed by atoms with Crippen LogP contribution in [0.1, 0.15) is 29.9 Å². The molecule has 5 rings (SSSR count). The normalized spacial score (nSPS) is 18.9. The number of rotatable bonds is 3. The van der Waals surface area contributed by atoms with Crippen LogP contribution in [0.15, 0.2) is 30.3 Å². The van der Waals surface area contributed by atoms with Gasteiger partial charge in [-0.2, -0.15) is 13.2 Å². The fraction of sp³-hybridized carbons (Fsp3) is 0.391. The first-order valence-electron chi connectivity index (χ1n) is 10.7. The lowest BCUT2D eigenvalue weighted by Crippen LogP contribution is -2.51. The molecule has 1 saturated heterocycles. The number of hydrogen-bond donors (Lipinski definition) is 2. The van der Waals surface area contributed by atoms with Gasteiger partial charge in [0.05, 0.1) is 42.1 Å². The van der Waals surface area contributed by atoms with Crippen LogP contribution < -0.4 is 20.7 Å². The van der Waals surface area contributed by atoms with Gasteiger partial charge in [0.25, 0.3) is 0 Å². The maximum atomic E-state index is 13.3. The topological polar surface area (TPSA) is 85.5 Å². The zero-order valence-electron chi connectivity index (χ0n) is 18.2. The van der Waals surface area contributed by atoms with E-state index in [0.717, 1.165) is 35.5 Å². The average molecular weight is 459 g/mol. The molecule has 0 saturated carbocycles. The van der Waals surface area contributed by atoms with Gasteiger partial charge in [-0.25, -0.2) is 9.97 Å². The van der Waals surface area contributed by atoms with E-state index in [1.165, 1.54) is 6.07 Å². The number of morpholine rings is 1. The fourth-order valence-corrected chi connectivity index (χ4v) is 4.39. The molecule has 0 aliphatic carbocycles. The first kappa shape index (κ1) is 21.6. The molecule has 2 aliphatic rings. The highest BCUT2D eigenvalue weighted by atomic mass is 19.4. The number of alkyl halides is 3. The average Bonchev–Trinajstić information content (AvgIpc) is 2.76. The Balaban J connectivity index is 1.54. The van der Waals surface area contributed by atoms with E-state index in [9.17, 15) is 13.2 Å². The van der Waals surface area contributed by atoms with Gasteiger partial charge in [-0.3, -0.25) is 0 Å². The minimum atomic E-state index is -4.48. The number of benzene rings is 2. The van der Waals surface area contributed by atoms with Crippen molar-refractivity contribution in [1.82, 2.24) is 9.97 Å². The number of halogens is 3. The molecule has 1 fully saturated rings. The molecule has 0 unspecified atom stereocenters. The molecule has 7 nitrogen and oxygen atoms in total. The maximum Gasteiger partial charge on any atom is 0.416 e. The van der Waals surface area contributed by atoms with Crippen LogP contribution in [0.4, 0.5) is 30.4 Å². The van der Waals surface area contributed by atoms with Crippen LogP contribution in [0, 0.1) is 6.92 Å². The number of aromatic nitrogens is 2. The number of nitrogens with zero attached hydrogens (tertiary/aromatic N) is 3. The van der Waals surface area contributed by atoms with Crippen molar-refractivity contribution in [2.24, 2.45) is 0 Å². The van der Waals surface area contributed by atoms with E-state index < -0.39 is 17.8 Å². The van der Waals surface area contributed by atoms with Gasteiger partial charge in [0.1, 0.15) is 24.0 Å². The molecular formula is C23H24F3N5O2. The molecule has 0 amide bonds. The summed E-state index contributed by atoms with van der Waals surface area (Å²) in [5.41, 5.74) is 7.09. The molecule has 0 bridgehead atoms. The maximum absolute atomic E-state index is 13.3. The van der Waals surface area contributed by atoms with Gasteiger partial charge in [0.15, 0.2) is 0 Å². The van der Waals surface area contributed by atoms with Gasteiger partial charge in [0.2, 0.25) is 0 Å². The van der Waals surface area contributed by atoms with Crippen molar-refractivity contribution in [1.29, 1.82) is 0 Å². The molecule has 2 aliphatic heterocycles. The van der Waals surface area contributed by atoms with Crippen LogP contribution in [0.3, 0.4) is 0 Å². The van der Waals surface area contributed by atoms with Gasteiger partial charge in [-0.15, -0.1) is 0 Å². The Bertz CT molecular complexity index is 1220. The molecule has 1 aromatic heterocycles. The van der Waals surface area contributed by atoms with Gasteiger partial charge in [0, 0.05) is 23.7 Å². The lowest BCUT2D eigenvalue weighted by atomic mass is 10.0. The molecule has 3 aromatic rings. The van der Waals surface area contributed by atoms with Gasteiger partial charge >= 0.3 is 6.18 Å². The summed E-state index contributed by atoms with van der Waals surface area (Å²) in [5.74, 6) is 1.84. The van der Waals surface area contributed by atoms with Crippen LogP contribution in [-0.2, 0) is 10.9 Å². The number of nitrogen functional groups attached to an aromatic ring is 1. The summed E-state index contributed by atoms with van der Waals surface area (Å²) in [6, 6.07) is 7.12. The Morgan fingerprint density at radius 1 is 1.15 bits per heavy atom. The smallest absolute Gasteiger partial charge is 0.416 e. The second-order valence-corrected chi connectivity index (χ2v) is 8.44. The fourth-order valence-electron chi connectivity index (χ4n) is 4.39. The minimum Gasteiger partial charge on any atom is -0.489 e. The third-order valence-corrected chi connectivity index (χ3v) is 6.01. The Hall–Kier alpha value is -3.27. The molecule has 174 valence electrons. The van der Waals surface area contributed by atoms with E-state index in [1.54, 1.807) is 13.8 Å². The number of fused-ring (bicyclic) bond motifs is 4. The molecule has 0 radical (unpaired) electrons.